The summed E-state index contributed by atoms with van der Waals surface area (Å²) in [4.78, 5) is 21.7. The smallest absolute Gasteiger partial charge is 0.273 e. The molecule has 0 unspecified atom stereocenters. The summed E-state index contributed by atoms with van der Waals surface area (Å²) in [6, 6.07) is 15.2. The molecule has 0 atom stereocenters. The molecule has 6 heteroatoms. The Morgan fingerprint density at radius 1 is 1.14 bits per heavy atom. The highest BCUT2D eigenvalue weighted by molar-refractivity contribution is 5.77. The summed E-state index contributed by atoms with van der Waals surface area (Å²) in [5.41, 5.74) is 0.915. The van der Waals surface area contributed by atoms with Crippen molar-refractivity contribution < 1.29 is 14.5 Å². The molecule has 21 heavy (non-hydrogen) atoms. The largest absolute Gasteiger partial charge is 0.484 e. The lowest BCUT2D eigenvalue weighted by atomic mass is 10.2. The van der Waals surface area contributed by atoms with Crippen molar-refractivity contribution in [3.05, 3.63) is 70.3 Å². The molecule has 0 aromatic heterocycles. The Kier molecular flexibility index (Phi) is 4.87. The van der Waals surface area contributed by atoms with Crippen LogP contribution >= 0.6 is 0 Å². The number of nitrogens with one attached hydrogen (secondary N) is 1. The fourth-order valence-corrected chi connectivity index (χ4v) is 1.68. The van der Waals surface area contributed by atoms with E-state index in [1.54, 1.807) is 6.07 Å². The number of carbonyl (C=O) groups is 1. The van der Waals surface area contributed by atoms with Crippen LogP contribution in [0.3, 0.4) is 0 Å². The second kappa shape index (κ2) is 7.04. The van der Waals surface area contributed by atoms with E-state index in [9.17, 15) is 14.9 Å². The molecule has 1 amide bonds. The maximum atomic E-state index is 11.6. The second-order valence-electron chi connectivity index (χ2n) is 4.31. The Hall–Kier alpha value is -2.89. The Balaban J connectivity index is 1.81. The topological polar surface area (TPSA) is 81.5 Å². The maximum Gasteiger partial charge on any atom is 0.273 e. The van der Waals surface area contributed by atoms with Crippen molar-refractivity contribution >= 4 is 11.6 Å². The molecule has 0 aliphatic carbocycles. The third-order valence-corrected chi connectivity index (χ3v) is 2.73. The van der Waals surface area contributed by atoms with Gasteiger partial charge in [0.15, 0.2) is 6.61 Å². The van der Waals surface area contributed by atoms with E-state index in [1.165, 1.54) is 18.2 Å². The van der Waals surface area contributed by atoms with Crippen molar-refractivity contribution in [2.24, 2.45) is 0 Å². The van der Waals surface area contributed by atoms with Crippen LogP contribution < -0.4 is 10.1 Å². The number of ether oxygens (including phenoxy) is 1. The first kappa shape index (κ1) is 14.5. The molecule has 0 heterocycles. The van der Waals surface area contributed by atoms with Crippen LogP contribution in [0.1, 0.15) is 5.56 Å². The third kappa shape index (κ3) is 4.61. The number of hydrogen-bond acceptors (Lipinski definition) is 4. The van der Waals surface area contributed by atoms with Gasteiger partial charge in [-0.25, -0.2) is 0 Å². The monoisotopic (exact) mass is 286 g/mol. The van der Waals surface area contributed by atoms with Gasteiger partial charge in [0.2, 0.25) is 0 Å². The lowest BCUT2D eigenvalue weighted by molar-refractivity contribution is -0.384. The van der Waals surface area contributed by atoms with Crippen molar-refractivity contribution in [1.82, 2.24) is 5.32 Å². The van der Waals surface area contributed by atoms with E-state index in [0.29, 0.717) is 12.3 Å². The summed E-state index contributed by atoms with van der Waals surface area (Å²) in [7, 11) is 0. The van der Waals surface area contributed by atoms with Crippen LogP contribution in [0.4, 0.5) is 5.69 Å². The highest BCUT2D eigenvalue weighted by atomic mass is 16.6. The zero-order valence-electron chi connectivity index (χ0n) is 11.2. The molecule has 0 aliphatic rings. The van der Waals surface area contributed by atoms with Gasteiger partial charge in [0, 0.05) is 12.6 Å². The standard InChI is InChI=1S/C15H14N2O4/c18-15(16-10-12-5-2-1-3-6-12)11-21-14-8-4-7-13(9-14)17(19)20/h1-9H,10-11H2,(H,16,18). The van der Waals surface area contributed by atoms with Gasteiger partial charge < -0.3 is 10.1 Å². The van der Waals surface area contributed by atoms with Crippen molar-refractivity contribution in [3.63, 3.8) is 0 Å². The normalized spacial score (nSPS) is 9.90. The van der Waals surface area contributed by atoms with Crippen LogP contribution in [-0.4, -0.2) is 17.4 Å². The number of benzene rings is 2. The van der Waals surface area contributed by atoms with E-state index in [-0.39, 0.29) is 18.2 Å². The number of nitro groups is 1. The van der Waals surface area contributed by atoms with Gasteiger partial charge >= 0.3 is 0 Å². The molecule has 0 saturated heterocycles. The third-order valence-electron chi connectivity index (χ3n) is 2.73. The lowest BCUT2D eigenvalue weighted by Gasteiger charge is -2.07. The number of carbonyl (C=O) groups excluding carboxylic acids is 1. The minimum absolute atomic E-state index is 0.0720. The Bertz CT molecular complexity index is 629. The molecule has 2 aromatic rings. The molecular formula is C15H14N2O4. The molecule has 0 spiro atoms. The zero-order valence-corrected chi connectivity index (χ0v) is 11.2. The van der Waals surface area contributed by atoms with Gasteiger partial charge in [-0.05, 0) is 11.6 Å². The quantitative estimate of drug-likeness (QED) is 0.652. The van der Waals surface area contributed by atoms with Crippen molar-refractivity contribution in [3.8, 4) is 5.75 Å². The van der Waals surface area contributed by atoms with E-state index in [4.69, 9.17) is 4.74 Å². The van der Waals surface area contributed by atoms with E-state index in [1.807, 2.05) is 30.3 Å². The molecule has 108 valence electrons. The number of nitro benzene ring substituents is 1. The first-order valence-electron chi connectivity index (χ1n) is 6.33. The number of nitrogens with zero attached hydrogens (tertiary/aromatic N) is 1. The average molecular weight is 286 g/mol. The maximum absolute atomic E-state index is 11.6. The van der Waals surface area contributed by atoms with Gasteiger partial charge in [0.1, 0.15) is 5.75 Å². The first-order valence-corrected chi connectivity index (χ1v) is 6.33. The molecule has 2 aromatic carbocycles. The Labute approximate surface area is 121 Å². The van der Waals surface area contributed by atoms with Gasteiger partial charge in [0.25, 0.3) is 11.6 Å². The highest BCUT2D eigenvalue weighted by Gasteiger charge is 2.08. The van der Waals surface area contributed by atoms with Crippen molar-refractivity contribution in [2.75, 3.05) is 6.61 Å². The zero-order chi connectivity index (χ0) is 15.1. The molecule has 0 radical (unpaired) electrons. The van der Waals surface area contributed by atoms with Crippen molar-refractivity contribution in [2.45, 2.75) is 6.54 Å². The molecule has 2 rings (SSSR count). The van der Waals surface area contributed by atoms with E-state index in [0.717, 1.165) is 5.56 Å². The fraction of sp³-hybridized carbons (Fsp3) is 0.133. The molecule has 0 saturated carbocycles. The molecule has 1 N–H and O–H groups in total. The van der Waals surface area contributed by atoms with Crippen molar-refractivity contribution in [1.29, 1.82) is 0 Å². The van der Waals surface area contributed by atoms with Crippen LogP contribution in [-0.2, 0) is 11.3 Å². The molecule has 0 aliphatic heterocycles. The van der Waals surface area contributed by atoms with Crippen LogP contribution in [0.5, 0.6) is 5.75 Å². The average Bonchev–Trinajstić information content (AvgIpc) is 2.52. The Morgan fingerprint density at radius 2 is 1.90 bits per heavy atom. The van der Waals surface area contributed by atoms with E-state index in [2.05, 4.69) is 5.32 Å². The molecule has 0 fully saturated rings. The van der Waals surface area contributed by atoms with Gasteiger partial charge in [-0.15, -0.1) is 0 Å². The second-order valence-corrected chi connectivity index (χ2v) is 4.31. The summed E-state index contributed by atoms with van der Waals surface area (Å²) in [6.45, 7) is 0.228. The van der Waals surface area contributed by atoms with Gasteiger partial charge in [-0.3, -0.25) is 14.9 Å². The predicted molar refractivity (Wildman–Crippen MR) is 76.9 cm³/mol. The summed E-state index contributed by atoms with van der Waals surface area (Å²) < 4.78 is 5.23. The minimum atomic E-state index is -0.512. The van der Waals surface area contributed by atoms with Crippen LogP contribution in [0.25, 0.3) is 0 Å². The highest BCUT2D eigenvalue weighted by Crippen LogP contribution is 2.18. The summed E-state index contributed by atoms with van der Waals surface area (Å²) in [5, 5.41) is 13.3. The van der Waals surface area contributed by atoms with Gasteiger partial charge in [0.05, 0.1) is 11.0 Å². The predicted octanol–water partition coefficient (Wildman–Crippen LogP) is 2.29. The minimum Gasteiger partial charge on any atom is -0.484 e. The van der Waals surface area contributed by atoms with Gasteiger partial charge in [-0.1, -0.05) is 36.4 Å². The van der Waals surface area contributed by atoms with Crippen LogP contribution in [0.2, 0.25) is 0 Å². The molecule has 0 bridgehead atoms. The SMILES string of the molecule is O=C(COc1cccc([N+](=O)[O-])c1)NCc1ccccc1. The summed E-state index contributed by atoms with van der Waals surface area (Å²) >= 11 is 0. The van der Waals surface area contributed by atoms with Crippen LogP contribution in [0, 0.1) is 10.1 Å². The Morgan fingerprint density at radius 3 is 2.62 bits per heavy atom. The first-order chi connectivity index (χ1) is 10.1. The summed E-state index contributed by atoms with van der Waals surface area (Å²) in [6.07, 6.45) is 0. The number of non-ortho nitro benzene ring substituents is 1. The van der Waals surface area contributed by atoms with Gasteiger partial charge in [-0.2, -0.15) is 0 Å². The number of amides is 1. The fourth-order valence-electron chi connectivity index (χ4n) is 1.68. The lowest BCUT2D eigenvalue weighted by Crippen LogP contribution is -2.28. The van der Waals surface area contributed by atoms with E-state index < -0.39 is 4.92 Å². The number of rotatable bonds is 6. The molecular weight excluding hydrogens is 272 g/mol. The van der Waals surface area contributed by atoms with E-state index >= 15 is 0 Å². The number of hydrogen-bond donors (Lipinski definition) is 1. The summed E-state index contributed by atoms with van der Waals surface area (Å²) in [5.74, 6) is 0.00409. The van der Waals surface area contributed by atoms with Crippen LogP contribution in [0.15, 0.2) is 54.6 Å². The molecule has 6 nitrogen and oxygen atoms in total.